The van der Waals surface area contributed by atoms with Crippen molar-refractivity contribution < 1.29 is 35.6 Å². The standard InChI is InChI=1S/C13H7F4NO5S/c1-24(21,22)6-2-3-10(9(4-6)18(19)20)23-13-11(16)7(14)5-8(15)12(13)17/h2-5H,1H3. The van der Waals surface area contributed by atoms with E-state index >= 15 is 0 Å². The maximum Gasteiger partial charge on any atom is 0.312 e. The van der Waals surface area contributed by atoms with Gasteiger partial charge in [-0.05, 0) is 12.1 Å². The van der Waals surface area contributed by atoms with Crippen LogP contribution in [0.1, 0.15) is 0 Å². The molecule has 0 heterocycles. The SMILES string of the molecule is CS(=O)(=O)c1ccc(Oc2c(F)c(F)cc(F)c2F)c([N+](=O)[O-])c1. The van der Waals surface area contributed by atoms with Gasteiger partial charge in [0, 0.05) is 18.4 Å². The van der Waals surface area contributed by atoms with Crippen LogP contribution in [-0.2, 0) is 9.84 Å². The molecule has 2 aromatic carbocycles. The van der Waals surface area contributed by atoms with Gasteiger partial charge in [-0.3, -0.25) is 10.1 Å². The molecule has 0 saturated carbocycles. The number of rotatable bonds is 4. The van der Waals surface area contributed by atoms with E-state index in [-0.39, 0.29) is 6.07 Å². The molecule has 0 bridgehead atoms. The molecule has 2 aromatic rings. The zero-order valence-electron chi connectivity index (χ0n) is 11.7. The fraction of sp³-hybridized carbons (Fsp3) is 0.0769. The molecule has 0 saturated heterocycles. The number of benzene rings is 2. The molecule has 6 nitrogen and oxygen atoms in total. The smallest absolute Gasteiger partial charge is 0.312 e. The van der Waals surface area contributed by atoms with Gasteiger partial charge >= 0.3 is 5.69 Å². The Morgan fingerprint density at radius 1 is 1.04 bits per heavy atom. The van der Waals surface area contributed by atoms with Crippen LogP contribution in [-0.4, -0.2) is 19.6 Å². The van der Waals surface area contributed by atoms with Crippen molar-refractivity contribution >= 4 is 15.5 Å². The van der Waals surface area contributed by atoms with E-state index in [1.165, 1.54) is 0 Å². The molecule has 11 heteroatoms. The van der Waals surface area contributed by atoms with E-state index in [2.05, 4.69) is 4.74 Å². The van der Waals surface area contributed by atoms with E-state index in [9.17, 15) is 36.1 Å². The maximum atomic E-state index is 13.6. The molecule has 0 fully saturated rings. The van der Waals surface area contributed by atoms with Crippen LogP contribution in [0.25, 0.3) is 0 Å². The predicted octanol–water partition coefficient (Wildman–Crippen LogP) is 3.35. The first kappa shape index (κ1) is 17.7. The largest absolute Gasteiger partial charge is 0.444 e. The number of hydrogen-bond acceptors (Lipinski definition) is 5. The van der Waals surface area contributed by atoms with Gasteiger partial charge in [0.2, 0.25) is 23.1 Å². The van der Waals surface area contributed by atoms with Crippen LogP contribution in [0.2, 0.25) is 0 Å². The van der Waals surface area contributed by atoms with Crippen molar-refractivity contribution in [3.05, 3.63) is 57.6 Å². The molecule has 0 radical (unpaired) electrons. The summed E-state index contributed by atoms with van der Waals surface area (Å²) < 4.78 is 80.7. The average molecular weight is 365 g/mol. The van der Waals surface area contributed by atoms with E-state index in [1.54, 1.807) is 0 Å². The summed E-state index contributed by atoms with van der Waals surface area (Å²) in [5.41, 5.74) is -0.957. The summed E-state index contributed by atoms with van der Waals surface area (Å²) in [6.45, 7) is 0. The molecule has 0 N–H and O–H groups in total. The lowest BCUT2D eigenvalue weighted by molar-refractivity contribution is -0.385. The number of nitro benzene ring substituents is 1. The maximum absolute atomic E-state index is 13.6. The summed E-state index contributed by atoms with van der Waals surface area (Å²) in [5.74, 6) is -9.64. The van der Waals surface area contributed by atoms with Gasteiger partial charge in [0.1, 0.15) is 0 Å². The van der Waals surface area contributed by atoms with Crippen LogP contribution in [0.15, 0.2) is 29.2 Å². The second kappa shape index (κ2) is 6.07. The Labute approximate surface area is 132 Å². The number of hydrogen-bond donors (Lipinski definition) is 0. The van der Waals surface area contributed by atoms with Gasteiger partial charge in [-0.2, -0.15) is 8.78 Å². The lowest BCUT2D eigenvalue weighted by atomic mass is 10.2. The summed E-state index contributed by atoms with van der Waals surface area (Å²) in [6, 6.07) is 2.16. The molecule has 0 aliphatic carbocycles. The lowest BCUT2D eigenvalue weighted by Crippen LogP contribution is -2.03. The highest BCUT2D eigenvalue weighted by Crippen LogP contribution is 2.36. The molecule has 2 rings (SSSR count). The molecule has 128 valence electrons. The second-order valence-electron chi connectivity index (χ2n) is 4.56. The summed E-state index contributed by atoms with van der Waals surface area (Å²) in [7, 11) is -3.81. The van der Waals surface area contributed by atoms with Crippen LogP contribution in [0.4, 0.5) is 23.2 Å². The number of nitrogens with zero attached hydrogens (tertiary/aromatic N) is 1. The summed E-state index contributed by atoms with van der Waals surface area (Å²) >= 11 is 0. The molecule has 0 aliphatic rings. The molecule has 0 unspecified atom stereocenters. The zero-order chi connectivity index (χ0) is 18.2. The fourth-order valence-electron chi connectivity index (χ4n) is 1.71. The summed E-state index contributed by atoms with van der Waals surface area (Å²) in [5, 5.41) is 11.0. The quantitative estimate of drug-likeness (QED) is 0.359. The molecule has 24 heavy (non-hydrogen) atoms. The Balaban J connectivity index is 2.61. The topological polar surface area (TPSA) is 86.5 Å². The highest BCUT2D eigenvalue weighted by atomic mass is 32.2. The minimum atomic E-state index is -3.81. The van der Waals surface area contributed by atoms with Crippen LogP contribution in [0, 0.1) is 33.4 Å². The van der Waals surface area contributed by atoms with E-state index in [1.807, 2.05) is 0 Å². The van der Waals surface area contributed by atoms with Gasteiger partial charge in [-0.15, -0.1) is 0 Å². The molecule has 0 spiro atoms. The minimum absolute atomic E-state index is 0.0569. The zero-order valence-corrected chi connectivity index (χ0v) is 12.5. The van der Waals surface area contributed by atoms with Crippen molar-refractivity contribution in [3.8, 4) is 11.5 Å². The van der Waals surface area contributed by atoms with Crippen LogP contribution >= 0.6 is 0 Å². The van der Waals surface area contributed by atoms with Crippen molar-refractivity contribution in [1.29, 1.82) is 0 Å². The molecule has 0 aromatic heterocycles. The van der Waals surface area contributed by atoms with Crippen molar-refractivity contribution in [1.82, 2.24) is 0 Å². The Morgan fingerprint density at radius 2 is 1.58 bits per heavy atom. The van der Waals surface area contributed by atoms with Gasteiger partial charge in [-0.25, -0.2) is 17.2 Å². The third-order valence-electron chi connectivity index (χ3n) is 2.84. The van der Waals surface area contributed by atoms with Crippen LogP contribution < -0.4 is 4.74 Å². The Bertz CT molecular complexity index is 920. The molecular formula is C13H7F4NO5S. The van der Waals surface area contributed by atoms with Gasteiger partial charge in [-0.1, -0.05) is 0 Å². The van der Waals surface area contributed by atoms with Gasteiger partial charge in [0.15, 0.2) is 21.5 Å². The first-order valence-corrected chi connectivity index (χ1v) is 7.91. The van der Waals surface area contributed by atoms with Crippen molar-refractivity contribution in [3.63, 3.8) is 0 Å². The van der Waals surface area contributed by atoms with Gasteiger partial charge in [0.05, 0.1) is 9.82 Å². The Morgan fingerprint density at radius 3 is 2.04 bits per heavy atom. The molecular weight excluding hydrogens is 358 g/mol. The van der Waals surface area contributed by atoms with Crippen molar-refractivity contribution in [2.45, 2.75) is 4.90 Å². The number of sulfone groups is 1. The normalized spacial score (nSPS) is 11.4. The monoisotopic (exact) mass is 365 g/mol. The number of halogens is 4. The molecule has 0 amide bonds. The first-order chi connectivity index (χ1) is 11.0. The minimum Gasteiger partial charge on any atom is -0.444 e. The Hall–Kier alpha value is -2.69. The predicted molar refractivity (Wildman–Crippen MR) is 72.6 cm³/mol. The van der Waals surface area contributed by atoms with Crippen LogP contribution in [0.3, 0.4) is 0 Å². The lowest BCUT2D eigenvalue weighted by Gasteiger charge is -2.10. The van der Waals surface area contributed by atoms with E-state index < -0.39 is 60.1 Å². The average Bonchev–Trinajstić information content (AvgIpc) is 2.48. The second-order valence-corrected chi connectivity index (χ2v) is 6.57. The van der Waals surface area contributed by atoms with Crippen molar-refractivity contribution in [2.24, 2.45) is 0 Å². The van der Waals surface area contributed by atoms with E-state index in [0.717, 1.165) is 18.4 Å². The first-order valence-electron chi connectivity index (χ1n) is 6.01. The van der Waals surface area contributed by atoms with Crippen LogP contribution in [0.5, 0.6) is 11.5 Å². The third-order valence-corrected chi connectivity index (χ3v) is 3.95. The highest BCUT2D eigenvalue weighted by Gasteiger charge is 2.26. The third kappa shape index (κ3) is 3.30. The number of nitro groups is 1. The van der Waals surface area contributed by atoms with Gasteiger partial charge in [0.25, 0.3) is 0 Å². The van der Waals surface area contributed by atoms with E-state index in [4.69, 9.17) is 0 Å². The summed E-state index contributed by atoms with van der Waals surface area (Å²) in [4.78, 5) is 9.47. The number of ether oxygens (including phenoxy) is 1. The summed E-state index contributed by atoms with van der Waals surface area (Å²) in [6.07, 6.45) is 0.786. The Kier molecular flexibility index (Phi) is 4.47. The molecule has 0 aliphatic heterocycles. The highest BCUT2D eigenvalue weighted by molar-refractivity contribution is 7.90. The fourth-order valence-corrected chi connectivity index (χ4v) is 2.35. The van der Waals surface area contributed by atoms with Crippen molar-refractivity contribution in [2.75, 3.05) is 6.26 Å². The van der Waals surface area contributed by atoms with Gasteiger partial charge < -0.3 is 4.74 Å². The van der Waals surface area contributed by atoms with E-state index in [0.29, 0.717) is 6.07 Å². The molecule has 0 atom stereocenters.